The molecule has 0 spiro atoms. The molecule has 0 aliphatic heterocycles. The fraction of sp³-hybridized carbons (Fsp3) is 0.412. The Morgan fingerprint density at radius 1 is 1.35 bits per heavy atom. The van der Waals surface area contributed by atoms with Crippen LogP contribution < -0.4 is 10.1 Å². The lowest BCUT2D eigenvalue weighted by Crippen LogP contribution is -2.42. The molecule has 0 bridgehead atoms. The number of H-pyrrole nitrogens is 1. The Morgan fingerprint density at radius 3 is 2.65 bits per heavy atom. The highest BCUT2D eigenvalue weighted by Crippen LogP contribution is 2.35. The first kappa shape index (κ1) is 15.9. The molecule has 1 aromatic carbocycles. The molecule has 3 rings (SSSR count). The van der Waals surface area contributed by atoms with E-state index in [0.717, 1.165) is 5.69 Å². The molecule has 1 aliphatic rings. The summed E-state index contributed by atoms with van der Waals surface area (Å²) >= 11 is 5.85. The molecule has 2 aromatic rings. The molecule has 1 amide bonds. The van der Waals surface area contributed by atoms with Gasteiger partial charge in [0.05, 0.1) is 0 Å². The number of aromatic nitrogens is 2. The minimum atomic E-state index is -1.02. The Hall–Kier alpha value is -2.01. The van der Waals surface area contributed by atoms with E-state index in [4.69, 9.17) is 16.3 Å². The van der Waals surface area contributed by atoms with Crippen LogP contribution in [0, 0.1) is 0 Å². The van der Waals surface area contributed by atoms with Gasteiger partial charge in [0, 0.05) is 22.7 Å². The Balaban J connectivity index is 1.63. The van der Waals surface area contributed by atoms with E-state index in [9.17, 15) is 4.79 Å². The Labute approximate surface area is 140 Å². The normalized spacial score (nSPS) is 15.1. The van der Waals surface area contributed by atoms with Crippen molar-refractivity contribution in [1.29, 1.82) is 0 Å². The van der Waals surface area contributed by atoms with Gasteiger partial charge in [0.25, 0.3) is 5.91 Å². The fourth-order valence-electron chi connectivity index (χ4n) is 2.44. The lowest BCUT2D eigenvalue weighted by atomic mass is 9.83. The van der Waals surface area contributed by atoms with E-state index in [1.54, 1.807) is 38.1 Å². The highest BCUT2D eigenvalue weighted by molar-refractivity contribution is 6.30. The number of ether oxygens (including phenoxy) is 1. The molecule has 23 heavy (non-hydrogen) atoms. The van der Waals surface area contributed by atoms with Crippen LogP contribution in [0.2, 0.25) is 5.02 Å². The summed E-state index contributed by atoms with van der Waals surface area (Å²) in [5, 5.41) is 10.6. The third-order valence-electron chi connectivity index (χ3n) is 4.12. The van der Waals surface area contributed by atoms with E-state index in [-0.39, 0.29) is 5.91 Å². The highest BCUT2D eigenvalue weighted by Gasteiger charge is 2.31. The molecule has 122 valence electrons. The maximum absolute atomic E-state index is 12.5. The first-order valence-corrected chi connectivity index (χ1v) is 8.13. The van der Waals surface area contributed by atoms with Gasteiger partial charge in [-0.25, -0.2) is 0 Å². The molecule has 1 aliphatic carbocycles. The Morgan fingerprint density at radius 2 is 2.04 bits per heavy atom. The molecule has 0 unspecified atom stereocenters. The van der Waals surface area contributed by atoms with Crippen molar-refractivity contribution >= 4 is 23.3 Å². The third kappa shape index (κ3) is 3.67. The summed E-state index contributed by atoms with van der Waals surface area (Å²) in [6.07, 6.45) is 3.62. The molecule has 1 aromatic heterocycles. The van der Waals surface area contributed by atoms with Crippen LogP contribution in [0.15, 0.2) is 30.3 Å². The smallest absolute Gasteiger partial charge is 0.269 e. The van der Waals surface area contributed by atoms with E-state index < -0.39 is 5.60 Å². The van der Waals surface area contributed by atoms with E-state index in [2.05, 4.69) is 15.5 Å². The molecule has 2 N–H and O–H groups in total. The van der Waals surface area contributed by atoms with Crippen LogP contribution in [0.25, 0.3) is 0 Å². The number of amides is 1. The van der Waals surface area contributed by atoms with Gasteiger partial charge in [-0.1, -0.05) is 18.0 Å². The van der Waals surface area contributed by atoms with Crippen LogP contribution in [0.1, 0.15) is 44.7 Å². The number of nitrogens with zero attached hydrogens (tertiary/aromatic N) is 1. The number of anilines is 1. The average Bonchev–Trinajstić information content (AvgIpc) is 2.87. The number of carbonyl (C=O) groups excluding carboxylic acids is 1. The predicted octanol–water partition coefficient (Wildman–Crippen LogP) is 4.13. The van der Waals surface area contributed by atoms with Crippen molar-refractivity contribution in [2.24, 2.45) is 0 Å². The number of hydrogen-bond donors (Lipinski definition) is 2. The number of aromatic amines is 1. The van der Waals surface area contributed by atoms with Gasteiger partial charge in [0.15, 0.2) is 11.4 Å². The molecule has 1 heterocycles. The highest BCUT2D eigenvalue weighted by atomic mass is 35.5. The van der Waals surface area contributed by atoms with Gasteiger partial charge < -0.3 is 10.1 Å². The summed E-state index contributed by atoms with van der Waals surface area (Å²) in [5.41, 5.74) is 0.0617. The van der Waals surface area contributed by atoms with E-state index in [1.165, 1.54) is 19.3 Å². The molecule has 1 saturated carbocycles. The molecule has 0 atom stereocenters. The number of benzene rings is 1. The van der Waals surface area contributed by atoms with E-state index in [1.807, 2.05) is 6.07 Å². The van der Waals surface area contributed by atoms with Crippen LogP contribution in [0.5, 0.6) is 5.75 Å². The van der Waals surface area contributed by atoms with Crippen molar-refractivity contribution in [3.8, 4) is 5.75 Å². The number of nitrogens with one attached hydrogen (secondary N) is 2. The Kier molecular flexibility index (Phi) is 4.31. The molecule has 0 radical (unpaired) electrons. The second-order valence-corrected chi connectivity index (χ2v) is 6.79. The zero-order valence-electron chi connectivity index (χ0n) is 13.2. The monoisotopic (exact) mass is 333 g/mol. The lowest BCUT2D eigenvalue weighted by Gasteiger charge is -2.25. The molecular weight excluding hydrogens is 314 g/mol. The molecule has 0 saturated heterocycles. The Bertz CT molecular complexity index is 690. The first-order chi connectivity index (χ1) is 10.9. The maximum Gasteiger partial charge on any atom is 0.269 e. The van der Waals surface area contributed by atoms with Gasteiger partial charge in [-0.3, -0.25) is 9.89 Å². The summed E-state index contributed by atoms with van der Waals surface area (Å²) in [7, 11) is 0. The van der Waals surface area contributed by atoms with Crippen molar-refractivity contribution in [2.45, 2.75) is 44.6 Å². The van der Waals surface area contributed by atoms with Crippen molar-refractivity contribution < 1.29 is 9.53 Å². The zero-order valence-corrected chi connectivity index (χ0v) is 14.0. The first-order valence-electron chi connectivity index (χ1n) is 7.75. The molecule has 1 fully saturated rings. The van der Waals surface area contributed by atoms with Gasteiger partial charge in [-0.15, -0.1) is 0 Å². The lowest BCUT2D eigenvalue weighted by molar-refractivity contribution is -0.128. The zero-order chi connectivity index (χ0) is 16.4. The third-order valence-corrected chi connectivity index (χ3v) is 4.37. The topological polar surface area (TPSA) is 67.0 Å². The maximum atomic E-state index is 12.5. The number of halogens is 1. The van der Waals surface area contributed by atoms with Crippen molar-refractivity contribution in [1.82, 2.24) is 10.2 Å². The minimum Gasteiger partial charge on any atom is -0.478 e. The fourth-order valence-corrected chi connectivity index (χ4v) is 2.57. The number of rotatable bonds is 5. The summed E-state index contributed by atoms with van der Waals surface area (Å²) in [5.74, 6) is 1.42. The van der Waals surface area contributed by atoms with Gasteiger partial charge in [-0.2, -0.15) is 5.10 Å². The van der Waals surface area contributed by atoms with Crippen LogP contribution in [-0.4, -0.2) is 21.7 Å². The quantitative estimate of drug-likeness (QED) is 0.864. The van der Waals surface area contributed by atoms with E-state index >= 15 is 0 Å². The SMILES string of the molecule is CC(C)(Oc1ccc(Cl)cc1)C(=O)Nc1cc(C2CCC2)[nH]n1. The summed E-state index contributed by atoms with van der Waals surface area (Å²) in [6.45, 7) is 3.44. The van der Waals surface area contributed by atoms with Crippen molar-refractivity contribution in [2.75, 3.05) is 5.32 Å². The average molecular weight is 334 g/mol. The van der Waals surface area contributed by atoms with Gasteiger partial charge in [0.1, 0.15) is 5.75 Å². The van der Waals surface area contributed by atoms with Crippen molar-refractivity contribution in [3.63, 3.8) is 0 Å². The standard InChI is InChI=1S/C17H20ClN3O2/c1-17(2,23-13-8-6-12(18)7-9-13)16(22)19-15-10-14(20-21-15)11-4-3-5-11/h6-11H,3-5H2,1-2H3,(H2,19,20,21,22). The second kappa shape index (κ2) is 6.24. The summed E-state index contributed by atoms with van der Waals surface area (Å²) in [4.78, 5) is 12.5. The van der Waals surface area contributed by atoms with E-state index in [0.29, 0.717) is 22.5 Å². The molecule has 5 nitrogen and oxygen atoms in total. The van der Waals surface area contributed by atoms with Gasteiger partial charge >= 0.3 is 0 Å². The van der Waals surface area contributed by atoms with Crippen LogP contribution >= 0.6 is 11.6 Å². The molecular formula is C17H20ClN3O2. The predicted molar refractivity (Wildman–Crippen MR) is 90.0 cm³/mol. The summed E-state index contributed by atoms with van der Waals surface area (Å²) < 4.78 is 5.77. The summed E-state index contributed by atoms with van der Waals surface area (Å²) in [6, 6.07) is 8.83. The van der Waals surface area contributed by atoms with Gasteiger partial charge in [-0.05, 0) is 51.0 Å². The van der Waals surface area contributed by atoms with Crippen LogP contribution in [-0.2, 0) is 4.79 Å². The number of carbonyl (C=O) groups is 1. The van der Waals surface area contributed by atoms with Gasteiger partial charge in [0.2, 0.25) is 0 Å². The van der Waals surface area contributed by atoms with Crippen LogP contribution in [0.4, 0.5) is 5.82 Å². The van der Waals surface area contributed by atoms with Crippen molar-refractivity contribution in [3.05, 3.63) is 41.0 Å². The van der Waals surface area contributed by atoms with Crippen LogP contribution in [0.3, 0.4) is 0 Å². The molecule has 6 heteroatoms. The minimum absolute atomic E-state index is 0.251. The largest absolute Gasteiger partial charge is 0.478 e. The second-order valence-electron chi connectivity index (χ2n) is 6.36. The number of hydrogen-bond acceptors (Lipinski definition) is 3.